The first-order chi connectivity index (χ1) is 17.1. The zero-order valence-corrected chi connectivity index (χ0v) is 19.9. The summed E-state index contributed by atoms with van der Waals surface area (Å²) in [6.45, 7) is 3.87. The monoisotopic (exact) mass is 525 g/mol. The van der Waals surface area contributed by atoms with Crippen LogP contribution in [0.2, 0.25) is 0 Å². The predicted octanol–water partition coefficient (Wildman–Crippen LogP) is 7.57. The number of hydrogen-bond donors (Lipinski definition) is 1. The standard InChI is InChI=1S/C27H22F7NO2/c1-15-12-21(25(28,26(29,30)31)27(32,33)34)13-16(2)22(15)35-24(37)17(3)19-10-7-11-20(14-19)23(36)18-8-5-4-6-9-18/h4-14,17H,1-3H3,(H,35,37). The lowest BCUT2D eigenvalue weighted by atomic mass is 9.90. The van der Waals surface area contributed by atoms with Crippen LogP contribution in [0.5, 0.6) is 0 Å². The quantitative estimate of drug-likeness (QED) is 0.267. The van der Waals surface area contributed by atoms with Gasteiger partial charge in [0.05, 0.1) is 5.92 Å². The van der Waals surface area contributed by atoms with Crippen molar-refractivity contribution < 1.29 is 40.3 Å². The summed E-state index contributed by atoms with van der Waals surface area (Å²) in [6.07, 6.45) is -12.5. The molecule has 1 N–H and O–H groups in total. The molecule has 3 rings (SSSR count). The molecule has 1 amide bonds. The van der Waals surface area contributed by atoms with Crippen molar-refractivity contribution in [1.29, 1.82) is 0 Å². The van der Waals surface area contributed by atoms with Crippen LogP contribution in [0.25, 0.3) is 0 Å². The van der Waals surface area contributed by atoms with E-state index in [1.165, 1.54) is 26.8 Å². The van der Waals surface area contributed by atoms with Crippen LogP contribution in [0.15, 0.2) is 66.7 Å². The molecule has 0 aromatic heterocycles. The first kappa shape index (κ1) is 27.9. The Balaban J connectivity index is 1.89. The Hall–Kier alpha value is -3.69. The topological polar surface area (TPSA) is 46.2 Å². The summed E-state index contributed by atoms with van der Waals surface area (Å²) in [5.41, 5.74) is -6.36. The molecule has 0 fully saturated rings. The Morgan fingerprint density at radius 3 is 1.76 bits per heavy atom. The van der Waals surface area contributed by atoms with Crippen molar-refractivity contribution in [3.63, 3.8) is 0 Å². The average Bonchev–Trinajstić information content (AvgIpc) is 2.83. The van der Waals surface area contributed by atoms with Gasteiger partial charge in [-0.3, -0.25) is 9.59 Å². The van der Waals surface area contributed by atoms with E-state index in [0.29, 0.717) is 28.8 Å². The van der Waals surface area contributed by atoms with Crippen LogP contribution in [0.3, 0.4) is 0 Å². The maximum absolute atomic E-state index is 14.5. The second kappa shape index (κ2) is 9.99. The van der Waals surface area contributed by atoms with Gasteiger partial charge in [0, 0.05) is 22.4 Å². The lowest BCUT2D eigenvalue weighted by Gasteiger charge is -2.31. The molecule has 0 radical (unpaired) electrons. The molecule has 3 nitrogen and oxygen atoms in total. The van der Waals surface area contributed by atoms with E-state index < -0.39 is 35.4 Å². The van der Waals surface area contributed by atoms with Gasteiger partial charge in [0.2, 0.25) is 5.91 Å². The molecule has 0 spiro atoms. The number of carbonyl (C=O) groups excluding carboxylic acids is 2. The number of nitrogens with one attached hydrogen (secondary N) is 1. The second-order valence-corrected chi connectivity index (χ2v) is 8.67. The van der Waals surface area contributed by atoms with Crippen molar-refractivity contribution in [2.75, 3.05) is 5.32 Å². The Bertz CT molecular complexity index is 1280. The van der Waals surface area contributed by atoms with Crippen molar-refractivity contribution in [2.24, 2.45) is 0 Å². The van der Waals surface area contributed by atoms with Gasteiger partial charge in [-0.2, -0.15) is 26.3 Å². The molecule has 3 aromatic carbocycles. The van der Waals surface area contributed by atoms with Crippen molar-refractivity contribution in [3.05, 3.63) is 100 Å². The predicted molar refractivity (Wildman–Crippen MR) is 124 cm³/mol. The normalized spacial score (nSPS) is 13.2. The number of amides is 1. The molecule has 196 valence electrons. The van der Waals surface area contributed by atoms with Gasteiger partial charge in [-0.15, -0.1) is 0 Å². The number of halogens is 7. The Labute approximate surface area is 208 Å². The molecule has 1 atom stereocenters. The fraction of sp³-hybridized carbons (Fsp3) is 0.259. The van der Waals surface area contributed by atoms with Gasteiger partial charge < -0.3 is 5.32 Å². The van der Waals surface area contributed by atoms with Gasteiger partial charge in [0.1, 0.15) is 0 Å². The van der Waals surface area contributed by atoms with Gasteiger partial charge in [-0.25, -0.2) is 4.39 Å². The fourth-order valence-corrected chi connectivity index (χ4v) is 3.94. The number of ketones is 1. The van der Waals surface area contributed by atoms with E-state index in [1.807, 2.05) is 0 Å². The zero-order valence-electron chi connectivity index (χ0n) is 19.9. The van der Waals surface area contributed by atoms with Crippen LogP contribution in [0.1, 0.15) is 51.0 Å². The van der Waals surface area contributed by atoms with Crippen molar-refractivity contribution in [3.8, 4) is 0 Å². The Kier molecular flexibility index (Phi) is 7.53. The first-order valence-electron chi connectivity index (χ1n) is 11.0. The highest BCUT2D eigenvalue weighted by Crippen LogP contribution is 2.53. The lowest BCUT2D eigenvalue weighted by Crippen LogP contribution is -2.50. The summed E-state index contributed by atoms with van der Waals surface area (Å²) >= 11 is 0. The maximum atomic E-state index is 14.5. The number of benzene rings is 3. The highest BCUT2D eigenvalue weighted by Gasteiger charge is 2.73. The van der Waals surface area contributed by atoms with Gasteiger partial charge >= 0.3 is 18.0 Å². The number of aryl methyl sites for hydroxylation is 2. The van der Waals surface area contributed by atoms with E-state index in [1.54, 1.807) is 48.5 Å². The molecule has 1 unspecified atom stereocenters. The summed E-state index contributed by atoms with van der Waals surface area (Å²) in [4.78, 5) is 25.7. The Morgan fingerprint density at radius 2 is 1.24 bits per heavy atom. The molecule has 0 aliphatic heterocycles. The summed E-state index contributed by atoms with van der Waals surface area (Å²) in [7, 11) is 0. The number of rotatable bonds is 6. The molecular formula is C27H22F7NO2. The van der Waals surface area contributed by atoms with Crippen LogP contribution in [-0.4, -0.2) is 24.0 Å². The minimum absolute atomic E-state index is 0.0381. The van der Waals surface area contributed by atoms with Crippen LogP contribution in [-0.2, 0) is 10.5 Å². The van der Waals surface area contributed by atoms with Crippen LogP contribution >= 0.6 is 0 Å². The lowest BCUT2D eigenvalue weighted by molar-refractivity contribution is -0.348. The number of alkyl halides is 7. The molecule has 0 aliphatic carbocycles. The van der Waals surface area contributed by atoms with Crippen LogP contribution in [0, 0.1) is 13.8 Å². The van der Waals surface area contributed by atoms with Crippen molar-refractivity contribution >= 4 is 17.4 Å². The van der Waals surface area contributed by atoms with E-state index in [0.717, 1.165) is 0 Å². The molecule has 0 bridgehead atoms. The third-order valence-corrected chi connectivity index (χ3v) is 6.04. The third-order valence-electron chi connectivity index (χ3n) is 6.04. The van der Waals surface area contributed by atoms with Crippen molar-refractivity contribution in [2.45, 2.75) is 44.7 Å². The van der Waals surface area contributed by atoms with Crippen molar-refractivity contribution in [1.82, 2.24) is 0 Å². The van der Waals surface area contributed by atoms with E-state index >= 15 is 0 Å². The third kappa shape index (κ3) is 5.38. The van der Waals surface area contributed by atoms with E-state index in [4.69, 9.17) is 0 Å². The largest absolute Gasteiger partial charge is 0.435 e. The van der Waals surface area contributed by atoms with Gasteiger partial charge in [0.15, 0.2) is 5.78 Å². The minimum Gasteiger partial charge on any atom is -0.325 e. The second-order valence-electron chi connectivity index (χ2n) is 8.67. The number of carbonyl (C=O) groups is 2. The number of hydrogen-bond acceptors (Lipinski definition) is 2. The molecule has 0 saturated heterocycles. The Morgan fingerprint density at radius 1 is 0.730 bits per heavy atom. The summed E-state index contributed by atoms with van der Waals surface area (Å²) in [6, 6.07) is 15.6. The highest BCUT2D eigenvalue weighted by atomic mass is 19.4. The smallest absolute Gasteiger partial charge is 0.325 e. The maximum Gasteiger partial charge on any atom is 0.435 e. The minimum atomic E-state index is -6.24. The van der Waals surface area contributed by atoms with E-state index in [9.17, 15) is 40.3 Å². The average molecular weight is 525 g/mol. The molecule has 10 heteroatoms. The molecule has 0 heterocycles. The SMILES string of the molecule is Cc1cc(C(F)(C(F)(F)F)C(F)(F)F)cc(C)c1NC(=O)C(C)c1cccc(C(=O)c2ccccc2)c1. The molecule has 0 aliphatic rings. The molecular weight excluding hydrogens is 503 g/mol. The molecule has 3 aromatic rings. The summed E-state index contributed by atoms with van der Waals surface area (Å²) in [5, 5.41) is 2.50. The highest BCUT2D eigenvalue weighted by molar-refractivity contribution is 6.09. The van der Waals surface area contributed by atoms with Crippen LogP contribution in [0.4, 0.5) is 36.4 Å². The van der Waals surface area contributed by atoms with Crippen LogP contribution < -0.4 is 5.32 Å². The van der Waals surface area contributed by atoms with E-state index in [-0.39, 0.29) is 22.6 Å². The molecule has 37 heavy (non-hydrogen) atoms. The zero-order chi connectivity index (χ0) is 27.8. The van der Waals surface area contributed by atoms with Gasteiger partial charge in [-0.1, -0.05) is 60.7 Å². The fourth-order valence-electron chi connectivity index (χ4n) is 3.94. The summed E-state index contributed by atoms with van der Waals surface area (Å²) in [5.74, 6) is -1.73. The number of anilines is 1. The summed E-state index contributed by atoms with van der Waals surface area (Å²) < 4.78 is 93.5. The first-order valence-corrected chi connectivity index (χ1v) is 11.0. The van der Waals surface area contributed by atoms with E-state index in [2.05, 4.69) is 5.32 Å². The van der Waals surface area contributed by atoms with Gasteiger partial charge in [-0.05, 0) is 43.5 Å². The molecule has 0 saturated carbocycles. The van der Waals surface area contributed by atoms with Gasteiger partial charge in [0.25, 0.3) is 0 Å².